The van der Waals surface area contributed by atoms with Gasteiger partial charge in [-0.3, -0.25) is 14.5 Å². The Kier molecular flexibility index (Phi) is 6.20. The lowest BCUT2D eigenvalue weighted by Crippen LogP contribution is -2.35. The van der Waals surface area contributed by atoms with Crippen LogP contribution in [0.4, 0.5) is 0 Å². The number of nitrogens with zero attached hydrogens (tertiary/aromatic N) is 1. The molecule has 1 heterocycles. The van der Waals surface area contributed by atoms with Gasteiger partial charge < -0.3 is 14.6 Å². The Labute approximate surface area is 148 Å². The second-order valence-corrected chi connectivity index (χ2v) is 6.63. The first-order chi connectivity index (χ1) is 11.8. The lowest BCUT2D eigenvalue weighted by atomic mass is 10.1. The van der Waals surface area contributed by atoms with Gasteiger partial charge in [-0.05, 0) is 37.5 Å². The fourth-order valence-electron chi connectivity index (χ4n) is 2.39. The summed E-state index contributed by atoms with van der Waals surface area (Å²) in [4.78, 5) is 25.6. The third kappa shape index (κ3) is 4.60. The Bertz CT molecular complexity index is 661. The molecule has 2 rings (SSSR count). The molecule has 136 valence electrons. The lowest BCUT2D eigenvalue weighted by molar-refractivity contribution is -0.139. The zero-order valence-corrected chi connectivity index (χ0v) is 15.1. The Morgan fingerprint density at radius 1 is 1.04 bits per heavy atom. The average Bonchev–Trinajstić information content (AvgIpc) is 2.77. The molecule has 1 aromatic rings. The van der Waals surface area contributed by atoms with Gasteiger partial charge in [-0.1, -0.05) is 26.0 Å². The normalized spacial score (nSPS) is 15.0. The summed E-state index contributed by atoms with van der Waals surface area (Å²) in [6.07, 6.45) is 0.00668. The van der Waals surface area contributed by atoms with Crippen LogP contribution in [0.5, 0.6) is 5.75 Å². The molecule has 1 aromatic carbocycles. The van der Waals surface area contributed by atoms with E-state index in [1.165, 1.54) is 0 Å². The Balaban J connectivity index is 2.10. The van der Waals surface area contributed by atoms with E-state index in [0.717, 1.165) is 4.90 Å². The molecule has 1 aliphatic heterocycles. The molecular formula is C19H25NO5. The quantitative estimate of drug-likeness (QED) is 0.732. The predicted molar refractivity (Wildman–Crippen MR) is 94.1 cm³/mol. The number of hydrogen-bond donors (Lipinski definition) is 1. The molecule has 2 amide bonds. The van der Waals surface area contributed by atoms with Gasteiger partial charge in [0.2, 0.25) is 0 Å². The van der Waals surface area contributed by atoms with Crippen LogP contribution in [0.15, 0.2) is 30.0 Å². The summed E-state index contributed by atoms with van der Waals surface area (Å²) in [5.74, 6) is -0.637. The maximum absolute atomic E-state index is 12.5. The van der Waals surface area contributed by atoms with Crippen LogP contribution in [-0.4, -0.2) is 47.7 Å². The Morgan fingerprint density at radius 3 is 2.24 bits per heavy atom. The number of aliphatic hydroxyl groups is 1. The van der Waals surface area contributed by atoms with Crippen LogP contribution in [0.1, 0.15) is 33.3 Å². The van der Waals surface area contributed by atoms with Crippen LogP contribution < -0.4 is 4.74 Å². The van der Waals surface area contributed by atoms with E-state index in [0.29, 0.717) is 23.8 Å². The molecule has 1 N–H and O–H groups in total. The first-order valence-electron chi connectivity index (χ1n) is 8.45. The topological polar surface area (TPSA) is 76.1 Å². The van der Waals surface area contributed by atoms with Gasteiger partial charge in [0.15, 0.2) is 5.76 Å². The van der Waals surface area contributed by atoms with Crippen molar-refractivity contribution in [3.63, 3.8) is 0 Å². The summed E-state index contributed by atoms with van der Waals surface area (Å²) in [6.45, 7) is 8.79. The molecule has 6 heteroatoms. The van der Waals surface area contributed by atoms with Gasteiger partial charge in [0.25, 0.3) is 11.8 Å². The summed E-state index contributed by atoms with van der Waals surface area (Å²) in [7, 11) is 0. The van der Waals surface area contributed by atoms with Crippen molar-refractivity contribution < 1.29 is 24.2 Å². The number of carbonyl (C=O) groups excluding carboxylic acids is 2. The zero-order chi connectivity index (χ0) is 18.6. The molecule has 0 unspecified atom stereocenters. The predicted octanol–water partition coefficient (Wildman–Crippen LogP) is 2.78. The maximum atomic E-state index is 12.5. The smallest absolute Gasteiger partial charge is 0.296 e. The van der Waals surface area contributed by atoms with E-state index in [1.807, 2.05) is 13.8 Å². The highest BCUT2D eigenvalue weighted by molar-refractivity contribution is 6.34. The summed E-state index contributed by atoms with van der Waals surface area (Å²) in [5, 5.41) is 10.1. The van der Waals surface area contributed by atoms with Crippen molar-refractivity contribution in [2.45, 2.75) is 33.8 Å². The van der Waals surface area contributed by atoms with Gasteiger partial charge >= 0.3 is 0 Å². The molecule has 6 nitrogen and oxygen atoms in total. The molecular weight excluding hydrogens is 322 g/mol. The molecule has 25 heavy (non-hydrogen) atoms. The van der Waals surface area contributed by atoms with Crippen LogP contribution in [0.25, 0.3) is 5.57 Å². The van der Waals surface area contributed by atoms with Gasteiger partial charge in [0.05, 0.1) is 31.4 Å². The van der Waals surface area contributed by atoms with Crippen molar-refractivity contribution in [3.05, 3.63) is 35.6 Å². The molecule has 0 spiro atoms. The maximum Gasteiger partial charge on any atom is 0.296 e. The van der Waals surface area contributed by atoms with E-state index < -0.39 is 17.6 Å². The number of hydrogen-bond acceptors (Lipinski definition) is 5. The van der Waals surface area contributed by atoms with E-state index in [9.17, 15) is 14.7 Å². The van der Waals surface area contributed by atoms with Crippen LogP contribution >= 0.6 is 0 Å². The molecule has 0 fully saturated rings. The average molecular weight is 347 g/mol. The van der Waals surface area contributed by atoms with Crippen molar-refractivity contribution in [2.75, 3.05) is 19.8 Å². The number of rotatable bonds is 8. The molecule has 0 aromatic heterocycles. The van der Waals surface area contributed by atoms with E-state index in [-0.39, 0.29) is 24.8 Å². The molecule has 0 saturated carbocycles. The number of ether oxygens (including phenoxy) is 2. The molecule has 1 aliphatic rings. The number of benzene rings is 1. The van der Waals surface area contributed by atoms with Gasteiger partial charge in [0.1, 0.15) is 5.75 Å². The third-order valence-corrected chi connectivity index (χ3v) is 3.64. The second kappa shape index (κ2) is 8.16. The number of amides is 2. The van der Waals surface area contributed by atoms with E-state index >= 15 is 0 Å². The standard InChI is InChI=1S/C19H25NO5/c1-12(2)11-25-15-7-5-14(6-8-15)16-17(21)19(23)20(18(16)22)9-10-24-13(3)4/h5-8,12-13,21H,9-11H2,1-4H3. The number of aliphatic hydroxyl groups excluding tert-OH is 1. The van der Waals surface area contributed by atoms with E-state index in [1.54, 1.807) is 24.3 Å². The fourth-order valence-corrected chi connectivity index (χ4v) is 2.39. The minimum Gasteiger partial charge on any atom is -0.502 e. The van der Waals surface area contributed by atoms with Crippen LogP contribution in [-0.2, 0) is 14.3 Å². The second-order valence-electron chi connectivity index (χ2n) is 6.63. The first-order valence-corrected chi connectivity index (χ1v) is 8.45. The zero-order valence-electron chi connectivity index (χ0n) is 15.1. The first kappa shape index (κ1) is 19.0. The largest absolute Gasteiger partial charge is 0.502 e. The minimum absolute atomic E-state index is 0.00668. The highest BCUT2D eigenvalue weighted by Crippen LogP contribution is 2.29. The Hall–Kier alpha value is -2.34. The van der Waals surface area contributed by atoms with Crippen LogP contribution in [0.2, 0.25) is 0 Å². The van der Waals surface area contributed by atoms with Crippen molar-refractivity contribution in [2.24, 2.45) is 5.92 Å². The fraction of sp³-hybridized carbons (Fsp3) is 0.474. The lowest BCUT2D eigenvalue weighted by Gasteiger charge is -2.15. The van der Waals surface area contributed by atoms with E-state index in [2.05, 4.69) is 13.8 Å². The van der Waals surface area contributed by atoms with Gasteiger partial charge in [-0.2, -0.15) is 0 Å². The molecule has 0 bridgehead atoms. The summed E-state index contributed by atoms with van der Waals surface area (Å²) >= 11 is 0. The summed E-state index contributed by atoms with van der Waals surface area (Å²) in [6, 6.07) is 6.78. The third-order valence-electron chi connectivity index (χ3n) is 3.64. The van der Waals surface area contributed by atoms with Crippen molar-refractivity contribution in [3.8, 4) is 5.75 Å². The van der Waals surface area contributed by atoms with Crippen molar-refractivity contribution in [1.82, 2.24) is 4.90 Å². The molecule has 0 saturated heterocycles. The highest BCUT2D eigenvalue weighted by atomic mass is 16.5. The molecule has 0 aliphatic carbocycles. The molecule has 0 radical (unpaired) electrons. The van der Waals surface area contributed by atoms with Crippen molar-refractivity contribution in [1.29, 1.82) is 0 Å². The summed E-state index contributed by atoms with van der Waals surface area (Å²) < 4.78 is 11.0. The van der Waals surface area contributed by atoms with Crippen LogP contribution in [0.3, 0.4) is 0 Å². The Morgan fingerprint density at radius 2 is 1.68 bits per heavy atom. The molecule has 0 atom stereocenters. The van der Waals surface area contributed by atoms with Crippen molar-refractivity contribution >= 4 is 17.4 Å². The van der Waals surface area contributed by atoms with Gasteiger partial charge in [-0.25, -0.2) is 0 Å². The highest BCUT2D eigenvalue weighted by Gasteiger charge is 2.38. The van der Waals surface area contributed by atoms with Gasteiger partial charge in [-0.15, -0.1) is 0 Å². The minimum atomic E-state index is -0.688. The van der Waals surface area contributed by atoms with E-state index in [4.69, 9.17) is 9.47 Å². The van der Waals surface area contributed by atoms with Gasteiger partial charge in [0, 0.05) is 0 Å². The summed E-state index contributed by atoms with van der Waals surface area (Å²) in [5.41, 5.74) is 0.505. The van der Waals surface area contributed by atoms with Crippen LogP contribution in [0, 0.1) is 5.92 Å². The number of imide groups is 1. The SMILES string of the molecule is CC(C)COc1ccc(C2=C(O)C(=O)N(CCOC(C)C)C2=O)cc1. The number of carbonyl (C=O) groups is 2. The monoisotopic (exact) mass is 347 g/mol.